The average molecular weight is 1020 g/mol. The number of nitrogens with one attached hydrogen (secondary N) is 8. The molecule has 2 rings (SSSR count). The van der Waals surface area contributed by atoms with Crippen molar-refractivity contribution in [3.8, 4) is 5.75 Å². The van der Waals surface area contributed by atoms with E-state index < -0.39 is 127 Å². The third-order valence-electron chi connectivity index (χ3n) is 11.9. The molecule has 0 heterocycles. The summed E-state index contributed by atoms with van der Waals surface area (Å²) in [7, 11) is 0. The molecule has 0 unspecified atom stereocenters. The number of hydrogen-bond donors (Lipinski definition) is 12. The molecule has 21 nitrogen and oxygen atoms in total. The molecular weight excluding hydrogens is 943 g/mol. The van der Waals surface area contributed by atoms with Crippen molar-refractivity contribution >= 4 is 53.2 Å². The van der Waals surface area contributed by atoms with E-state index in [4.69, 9.17) is 5.73 Å². The number of aliphatic carboxylic acids is 1. The van der Waals surface area contributed by atoms with Crippen LogP contribution in [0.25, 0.3) is 0 Å². The molecule has 0 bridgehead atoms. The Labute approximate surface area is 429 Å². The van der Waals surface area contributed by atoms with E-state index in [-0.39, 0.29) is 55.6 Å². The highest BCUT2D eigenvalue weighted by molar-refractivity contribution is 5.97. The lowest BCUT2D eigenvalue weighted by molar-refractivity contribution is -0.144. The number of carbonyl (C=O) groups excluding carboxylic acids is 8. The number of hydrogen-bond acceptors (Lipinski definition) is 12. The highest BCUT2D eigenvalue weighted by Gasteiger charge is 2.35. The van der Waals surface area contributed by atoms with Crippen LogP contribution in [0.4, 0.5) is 0 Å². The Balaban J connectivity index is 2.26. The normalized spacial score (nSPS) is 15.1. The molecule has 2 aromatic carbocycles. The van der Waals surface area contributed by atoms with E-state index in [0.29, 0.717) is 17.5 Å². The molecule has 0 aromatic heterocycles. The number of amides is 8. The standard InChI is InChI=1S/C52H81N9O12/c1-11-32(10)44(51(71)58-39(23-30(6)7)48(68)59-41(27-62)50(70)61-43(31(8)9)52(72)73)60-42(64)26-54-46(66)37(21-28(2)3)56-49(69)40(25-33-15-13-12-14-16-33)57-47(67)38(22-29(4)5)55-45(65)36(53)24-34-17-19-35(63)20-18-34/h12-20,28-32,36-41,43-44,62-63H,11,21-27,53H2,1-10H3,(H,54,66)(H,55,65)(H,56,69)(H,57,67)(H,58,71)(H,59,68)(H,60,64)(H,61,70)(H,72,73)/t32-,36-,37-,38-,39-,40-,41-,43-,44-/m0/s1. The molecule has 0 radical (unpaired) electrons. The number of nitrogens with two attached hydrogens (primary N) is 1. The second kappa shape index (κ2) is 31.1. The minimum Gasteiger partial charge on any atom is -0.508 e. The van der Waals surface area contributed by atoms with Crippen molar-refractivity contribution in [2.24, 2.45) is 35.3 Å². The van der Waals surface area contributed by atoms with Crippen molar-refractivity contribution in [2.75, 3.05) is 13.2 Å². The monoisotopic (exact) mass is 1020 g/mol. The zero-order chi connectivity index (χ0) is 55.1. The van der Waals surface area contributed by atoms with Crippen LogP contribution in [0.3, 0.4) is 0 Å². The first-order valence-corrected chi connectivity index (χ1v) is 25.1. The van der Waals surface area contributed by atoms with Crippen LogP contribution in [0, 0.1) is 29.6 Å². The number of phenols is 1. The molecule has 0 spiro atoms. The second-order valence-corrected chi connectivity index (χ2v) is 20.3. The van der Waals surface area contributed by atoms with Crippen LogP contribution in [0.5, 0.6) is 5.75 Å². The van der Waals surface area contributed by atoms with Crippen LogP contribution in [0.2, 0.25) is 0 Å². The number of phenolic OH excluding ortho intramolecular Hbond substituents is 1. The molecule has 2 aromatic rings. The SMILES string of the molecule is CC[C@H](C)[C@H](NC(=O)CNC(=O)[C@H](CC(C)C)NC(=O)[C@H](Cc1ccccc1)NC(=O)[C@H](CC(C)C)NC(=O)[C@@H](N)Cc1ccc(O)cc1)C(=O)N[C@@H](CC(C)C)C(=O)N[C@@H](CO)C(=O)N[C@H](C(=O)O)C(C)C. The Morgan fingerprint density at radius 2 is 0.945 bits per heavy atom. The molecule has 0 saturated heterocycles. The Hall–Kier alpha value is -6.61. The van der Waals surface area contributed by atoms with E-state index in [2.05, 4.69) is 42.5 Å². The van der Waals surface area contributed by atoms with E-state index in [1.807, 2.05) is 27.7 Å². The Morgan fingerprint density at radius 3 is 1.42 bits per heavy atom. The zero-order valence-corrected chi connectivity index (χ0v) is 44.0. The average Bonchev–Trinajstić information content (AvgIpc) is 3.32. The fourth-order valence-electron chi connectivity index (χ4n) is 7.68. The molecule has 13 N–H and O–H groups in total. The Bertz CT molecular complexity index is 2140. The lowest BCUT2D eigenvalue weighted by atomic mass is 9.96. The molecule has 0 aliphatic carbocycles. The lowest BCUT2D eigenvalue weighted by Gasteiger charge is -2.28. The Kier molecular flexibility index (Phi) is 26.6. The second-order valence-electron chi connectivity index (χ2n) is 20.3. The van der Waals surface area contributed by atoms with Crippen LogP contribution in [-0.2, 0) is 56.0 Å². The maximum absolute atomic E-state index is 14.2. The van der Waals surface area contributed by atoms with Crippen molar-refractivity contribution in [1.29, 1.82) is 0 Å². The maximum atomic E-state index is 14.2. The number of rotatable bonds is 31. The fourth-order valence-corrected chi connectivity index (χ4v) is 7.68. The minimum atomic E-state index is -1.54. The van der Waals surface area contributed by atoms with Crippen molar-refractivity contribution in [1.82, 2.24) is 42.5 Å². The van der Waals surface area contributed by atoms with Gasteiger partial charge in [-0.15, -0.1) is 0 Å². The summed E-state index contributed by atoms with van der Waals surface area (Å²) in [6.45, 7) is 16.1. The number of aromatic hydroxyl groups is 1. The van der Waals surface area contributed by atoms with Gasteiger partial charge < -0.3 is 63.6 Å². The number of aliphatic hydroxyl groups excluding tert-OH is 1. The van der Waals surface area contributed by atoms with Crippen LogP contribution in [0.1, 0.15) is 106 Å². The van der Waals surface area contributed by atoms with E-state index in [0.717, 1.165) is 0 Å². The number of carboxylic acids is 1. The summed E-state index contributed by atoms with van der Waals surface area (Å²) in [6.07, 6.45) is 0.973. The van der Waals surface area contributed by atoms with Crippen LogP contribution < -0.4 is 48.3 Å². The first-order valence-electron chi connectivity index (χ1n) is 25.1. The molecule has 8 amide bonds. The minimum absolute atomic E-state index is 0.0150. The van der Waals surface area contributed by atoms with Gasteiger partial charge in [0, 0.05) is 6.42 Å². The van der Waals surface area contributed by atoms with Crippen LogP contribution in [-0.4, -0.2) is 130 Å². The summed E-state index contributed by atoms with van der Waals surface area (Å²) in [5.41, 5.74) is 7.62. The number of aliphatic hydroxyl groups is 1. The van der Waals surface area contributed by atoms with E-state index >= 15 is 0 Å². The fraction of sp³-hybridized carbons (Fsp3) is 0.596. The molecule has 406 valence electrons. The van der Waals surface area contributed by atoms with Gasteiger partial charge in [0.2, 0.25) is 47.3 Å². The highest BCUT2D eigenvalue weighted by Crippen LogP contribution is 2.15. The van der Waals surface area contributed by atoms with Gasteiger partial charge in [0.1, 0.15) is 48.0 Å². The quantitative estimate of drug-likeness (QED) is 0.0501. The largest absolute Gasteiger partial charge is 0.508 e. The van der Waals surface area contributed by atoms with Crippen LogP contribution in [0.15, 0.2) is 54.6 Å². The third kappa shape index (κ3) is 22.4. The highest BCUT2D eigenvalue weighted by atomic mass is 16.4. The summed E-state index contributed by atoms with van der Waals surface area (Å²) in [5, 5.41) is 49.9. The Morgan fingerprint density at radius 1 is 0.507 bits per heavy atom. The smallest absolute Gasteiger partial charge is 0.326 e. The topological polar surface area (TPSA) is 337 Å². The summed E-state index contributed by atoms with van der Waals surface area (Å²) in [5.74, 6) is -8.55. The molecule has 0 saturated carbocycles. The van der Waals surface area contributed by atoms with Crippen molar-refractivity contribution in [3.05, 3.63) is 65.7 Å². The first kappa shape index (κ1) is 62.5. The number of benzene rings is 2. The first-order chi connectivity index (χ1) is 34.3. The van der Waals surface area contributed by atoms with Gasteiger partial charge in [0.25, 0.3) is 0 Å². The zero-order valence-electron chi connectivity index (χ0n) is 44.0. The van der Waals surface area contributed by atoms with Gasteiger partial charge in [-0.1, -0.05) is 118 Å². The maximum Gasteiger partial charge on any atom is 0.326 e. The van der Waals surface area contributed by atoms with Gasteiger partial charge in [-0.3, -0.25) is 38.4 Å². The summed E-state index contributed by atoms with van der Waals surface area (Å²) in [6, 6.07) is 5.28. The molecular formula is C52H81N9O12. The number of carbonyl (C=O) groups is 9. The summed E-state index contributed by atoms with van der Waals surface area (Å²) < 4.78 is 0. The summed E-state index contributed by atoms with van der Waals surface area (Å²) >= 11 is 0. The third-order valence-corrected chi connectivity index (χ3v) is 11.9. The van der Waals surface area contributed by atoms with Crippen molar-refractivity contribution in [2.45, 2.75) is 156 Å². The summed E-state index contributed by atoms with van der Waals surface area (Å²) in [4.78, 5) is 121. The van der Waals surface area contributed by atoms with Gasteiger partial charge in [-0.25, -0.2) is 4.79 Å². The van der Waals surface area contributed by atoms with Crippen molar-refractivity contribution < 1.29 is 58.5 Å². The van der Waals surface area contributed by atoms with E-state index in [1.165, 1.54) is 12.1 Å². The van der Waals surface area contributed by atoms with Gasteiger partial charge in [-0.2, -0.15) is 0 Å². The molecule has 21 heteroatoms. The molecule has 0 aliphatic rings. The van der Waals surface area contributed by atoms with E-state index in [9.17, 15) is 58.5 Å². The predicted molar refractivity (Wildman–Crippen MR) is 274 cm³/mol. The van der Waals surface area contributed by atoms with E-state index in [1.54, 1.807) is 84.0 Å². The number of carboxylic acid groups (broad SMARTS) is 1. The molecule has 0 fully saturated rings. The van der Waals surface area contributed by atoms with Gasteiger partial charge in [0.05, 0.1) is 19.2 Å². The van der Waals surface area contributed by atoms with Gasteiger partial charge >= 0.3 is 5.97 Å². The van der Waals surface area contributed by atoms with Crippen molar-refractivity contribution in [3.63, 3.8) is 0 Å². The predicted octanol–water partition coefficient (Wildman–Crippen LogP) is 0.932. The lowest BCUT2D eigenvalue weighted by Crippen LogP contribution is -2.60. The van der Waals surface area contributed by atoms with Gasteiger partial charge in [0.15, 0.2) is 0 Å². The van der Waals surface area contributed by atoms with Gasteiger partial charge in [-0.05, 0) is 78.5 Å². The molecule has 73 heavy (non-hydrogen) atoms. The van der Waals surface area contributed by atoms with Crippen LogP contribution >= 0.6 is 0 Å². The molecule has 0 aliphatic heterocycles. The molecule has 9 atom stereocenters.